The first kappa shape index (κ1) is 18.1. The Morgan fingerprint density at radius 1 is 1.12 bits per heavy atom. The highest BCUT2D eigenvalue weighted by atomic mass is 32.1. The van der Waals surface area contributed by atoms with Crippen LogP contribution in [0.1, 0.15) is 34.7 Å². The quantitative estimate of drug-likeness (QED) is 0.667. The third-order valence-corrected chi connectivity index (χ3v) is 5.07. The standard InChI is InChI=1S/C21H23N3OS/c1-15-7-9-17(10-8-15)19(16-5-3-2-4-6-16)13-20(25)23-12-11-18-14-26-21(22)24-18/h2-10,14,19H,11-13H2,1H3,(H2,22,24)(H,23,25)/t19-/m0/s1. The van der Waals surface area contributed by atoms with Crippen molar-refractivity contribution in [2.45, 2.75) is 25.7 Å². The van der Waals surface area contributed by atoms with Crippen molar-refractivity contribution in [2.75, 3.05) is 12.3 Å². The topological polar surface area (TPSA) is 68.0 Å². The molecule has 1 heterocycles. The van der Waals surface area contributed by atoms with E-state index >= 15 is 0 Å². The van der Waals surface area contributed by atoms with Crippen LogP contribution in [0.25, 0.3) is 0 Å². The Labute approximate surface area is 158 Å². The molecule has 5 heteroatoms. The molecule has 3 aromatic rings. The summed E-state index contributed by atoms with van der Waals surface area (Å²) in [7, 11) is 0. The number of nitrogens with one attached hydrogen (secondary N) is 1. The van der Waals surface area contributed by atoms with E-state index in [1.165, 1.54) is 16.9 Å². The molecule has 0 unspecified atom stereocenters. The Balaban J connectivity index is 1.65. The van der Waals surface area contributed by atoms with Gasteiger partial charge < -0.3 is 11.1 Å². The van der Waals surface area contributed by atoms with Gasteiger partial charge in [0.05, 0.1) is 5.69 Å². The van der Waals surface area contributed by atoms with Crippen molar-refractivity contribution < 1.29 is 4.79 Å². The Bertz CT molecular complexity index is 843. The second-order valence-corrected chi connectivity index (χ2v) is 7.24. The van der Waals surface area contributed by atoms with Gasteiger partial charge in [-0.25, -0.2) is 4.98 Å². The number of amides is 1. The maximum absolute atomic E-state index is 12.5. The van der Waals surface area contributed by atoms with E-state index < -0.39 is 0 Å². The minimum Gasteiger partial charge on any atom is -0.375 e. The molecule has 0 saturated heterocycles. The number of rotatable bonds is 7. The lowest BCUT2D eigenvalue weighted by Gasteiger charge is -2.18. The number of aromatic nitrogens is 1. The highest BCUT2D eigenvalue weighted by molar-refractivity contribution is 7.13. The molecule has 0 radical (unpaired) electrons. The van der Waals surface area contributed by atoms with Gasteiger partial charge in [-0.15, -0.1) is 11.3 Å². The second-order valence-electron chi connectivity index (χ2n) is 6.36. The van der Waals surface area contributed by atoms with Gasteiger partial charge in [0.25, 0.3) is 0 Å². The van der Waals surface area contributed by atoms with Crippen molar-refractivity contribution in [3.63, 3.8) is 0 Å². The molecule has 3 rings (SSSR count). The third kappa shape index (κ3) is 4.92. The van der Waals surface area contributed by atoms with E-state index in [-0.39, 0.29) is 11.8 Å². The molecule has 1 atom stereocenters. The van der Waals surface area contributed by atoms with Crippen molar-refractivity contribution in [2.24, 2.45) is 0 Å². The number of benzene rings is 2. The molecule has 4 nitrogen and oxygen atoms in total. The molecule has 0 saturated carbocycles. The highest BCUT2D eigenvalue weighted by Crippen LogP contribution is 2.28. The van der Waals surface area contributed by atoms with Crippen LogP contribution in [0.2, 0.25) is 0 Å². The van der Waals surface area contributed by atoms with Crippen LogP contribution in [0.3, 0.4) is 0 Å². The van der Waals surface area contributed by atoms with E-state index in [9.17, 15) is 4.79 Å². The summed E-state index contributed by atoms with van der Waals surface area (Å²) < 4.78 is 0. The molecule has 0 aliphatic rings. The predicted molar refractivity (Wildman–Crippen MR) is 107 cm³/mol. The van der Waals surface area contributed by atoms with E-state index in [0.717, 1.165) is 16.8 Å². The maximum Gasteiger partial charge on any atom is 0.220 e. The first-order valence-corrected chi connectivity index (χ1v) is 9.58. The zero-order valence-electron chi connectivity index (χ0n) is 14.8. The molecule has 0 bridgehead atoms. The largest absolute Gasteiger partial charge is 0.375 e. The number of aryl methyl sites for hydroxylation is 1. The van der Waals surface area contributed by atoms with Gasteiger partial charge >= 0.3 is 0 Å². The van der Waals surface area contributed by atoms with Crippen molar-refractivity contribution in [3.8, 4) is 0 Å². The summed E-state index contributed by atoms with van der Waals surface area (Å²) in [6.07, 6.45) is 1.12. The maximum atomic E-state index is 12.5. The zero-order chi connectivity index (χ0) is 18.4. The smallest absolute Gasteiger partial charge is 0.220 e. The minimum atomic E-state index is 0.0441. The number of hydrogen-bond donors (Lipinski definition) is 2. The van der Waals surface area contributed by atoms with Crippen molar-refractivity contribution >= 4 is 22.4 Å². The van der Waals surface area contributed by atoms with E-state index in [1.807, 2.05) is 23.6 Å². The number of hydrogen-bond acceptors (Lipinski definition) is 4. The van der Waals surface area contributed by atoms with Crippen molar-refractivity contribution in [1.29, 1.82) is 0 Å². The Morgan fingerprint density at radius 3 is 2.46 bits per heavy atom. The van der Waals surface area contributed by atoms with Crippen LogP contribution in [0.15, 0.2) is 60.0 Å². The van der Waals surface area contributed by atoms with E-state index in [0.29, 0.717) is 24.5 Å². The van der Waals surface area contributed by atoms with Crippen LogP contribution in [-0.4, -0.2) is 17.4 Å². The normalized spacial score (nSPS) is 11.9. The number of thiazole rings is 1. The molecular formula is C21H23N3OS. The predicted octanol–water partition coefficient (Wildman–Crippen LogP) is 3.91. The highest BCUT2D eigenvalue weighted by Gasteiger charge is 2.18. The molecule has 0 spiro atoms. The molecule has 0 aliphatic heterocycles. The SMILES string of the molecule is Cc1ccc([C@@H](CC(=O)NCCc2csc(N)n2)c2ccccc2)cc1. The molecule has 0 aliphatic carbocycles. The summed E-state index contributed by atoms with van der Waals surface area (Å²) in [5.74, 6) is 0.0920. The van der Waals surface area contributed by atoms with E-state index in [4.69, 9.17) is 5.73 Å². The van der Waals surface area contributed by atoms with Gasteiger partial charge in [0.15, 0.2) is 5.13 Å². The minimum absolute atomic E-state index is 0.0441. The average Bonchev–Trinajstić information content (AvgIpc) is 3.06. The number of carbonyl (C=O) groups is 1. The van der Waals surface area contributed by atoms with Gasteiger partial charge in [-0.05, 0) is 18.1 Å². The lowest BCUT2D eigenvalue weighted by molar-refractivity contribution is -0.121. The summed E-state index contributed by atoms with van der Waals surface area (Å²) in [6, 6.07) is 18.6. The number of nitrogens with two attached hydrogens (primary N) is 1. The lowest BCUT2D eigenvalue weighted by atomic mass is 9.88. The number of nitrogens with zero attached hydrogens (tertiary/aromatic N) is 1. The summed E-state index contributed by atoms with van der Waals surface area (Å²) in [4.78, 5) is 16.7. The molecule has 26 heavy (non-hydrogen) atoms. The molecule has 1 aromatic heterocycles. The fourth-order valence-corrected chi connectivity index (χ4v) is 3.53. The Kier molecular flexibility index (Phi) is 6.02. The van der Waals surface area contributed by atoms with Crippen molar-refractivity contribution in [1.82, 2.24) is 10.3 Å². The fraction of sp³-hybridized carbons (Fsp3) is 0.238. The summed E-state index contributed by atoms with van der Waals surface area (Å²) in [5.41, 5.74) is 10.1. The van der Waals surface area contributed by atoms with Gasteiger partial charge in [0.2, 0.25) is 5.91 Å². The van der Waals surface area contributed by atoms with Crippen molar-refractivity contribution in [3.05, 3.63) is 82.4 Å². The average molecular weight is 366 g/mol. The van der Waals surface area contributed by atoms with Gasteiger partial charge in [-0.2, -0.15) is 0 Å². The summed E-state index contributed by atoms with van der Waals surface area (Å²) >= 11 is 1.42. The first-order chi connectivity index (χ1) is 12.6. The number of nitrogen functional groups attached to an aromatic ring is 1. The monoisotopic (exact) mass is 365 g/mol. The lowest BCUT2D eigenvalue weighted by Crippen LogP contribution is -2.27. The third-order valence-electron chi connectivity index (χ3n) is 4.34. The second kappa shape index (κ2) is 8.63. The fourth-order valence-electron chi connectivity index (χ4n) is 2.94. The number of carbonyl (C=O) groups excluding carboxylic acids is 1. The summed E-state index contributed by atoms with van der Waals surface area (Å²) in [6.45, 7) is 2.64. The van der Waals surface area contributed by atoms with Crippen LogP contribution in [0, 0.1) is 6.92 Å². The van der Waals surface area contributed by atoms with Crippen LogP contribution in [0.5, 0.6) is 0 Å². The molecule has 134 valence electrons. The van der Waals surface area contributed by atoms with Gasteiger partial charge in [-0.3, -0.25) is 4.79 Å². The zero-order valence-corrected chi connectivity index (χ0v) is 15.6. The first-order valence-electron chi connectivity index (χ1n) is 8.70. The molecular weight excluding hydrogens is 342 g/mol. The van der Waals surface area contributed by atoms with E-state index in [1.54, 1.807) is 0 Å². The molecule has 2 aromatic carbocycles. The van der Waals surface area contributed by atoms with Crippen LogP contribution < -0.4 is 11.1 Å². The summed E-state index contributed by atoms with van der Waals surface area (Å²) in [5, 5.41) is 5.50. The molecule has 0 fully saturated rings. The van der Waals surface area contributed by atoms with Gasteiger partial charge in [0.1, 0.15) is 0 Å². The number of anilines is 1. The van der Waals surface area contributed by atoms with Crippen LogP contribution in [0.4, 0.5) is 5.13 Å². The Morgan fingerprint density at radius 2 is 1.81 bits per heavy atom. The Hall–Kier alpha value is -2.66. The molecule has 3 N–H and O–H groups in total. The van der Waals surface area contributed by atoms with Gasteiger partial charge in [0, 0.05) is 30.7 Å². The molecule has 1 amide bonds. The van der Waals surface area contributed by atoms with Crippen LogP contribution >= 0.6 is 11.3 Å². The van der Waals surface area contributed by atoms with E-state index in [2.05, 4.69) is 53.6 Å². The van der Waals surface area contributed by atoms with Gasteiger partial charge in [-0.1, -0.05) is 60.2 Å². The van der Waals surface area contributed by atoms with Crippen LogP contribution in [-0.2, 0) is 11.2 Å².